The molecule has 0 aliphatic carbocycles. The summed E-state index contributed by atoms with van der Waals surface area (Å²) in [5.41, 5.74) is 1.87. The summed E-state index contributed by atoms with van der Waals surface area (Å²) in [5.74, 6) is 0. The van der Waals surface area contributed by atoms with Crippen LogP contribution in [-0.4, -0.2) is 45.9 Å². The lowest BCUT2D eigenvalue weighted by molar-refractivity contribution is -0.101. The van der Waals surface area contributed by atoms with Gasteiger partial charge >= 0.3 is 6.09 Å². The minimum Gasteiger partial charge on any atom is -0.438 e. The molecule has 3 aromatic rings. The number of hydrogen-bond acceptors (Lipinski definition) is 5. The molecule has 2 saturated heterocycles. The number of cyclic esters (lactones) is 1. The number of nitrogens with one attached hydrogen (secondary N) is 1. The number of benzene rings is 2. The van der Waals surface area contributed by atoms with Crippen LogP contribution in [0.25, 0.3) is 11.1 Å². The van der Waals surface area contributed by atoms with E-state index in [2.05, 4.69) is 5.32 Å². The fourth-order valence-corrected chi connectivity index (χ4v) is 5.47. The summed E-state index contributed by atoms with van der Waals surface area (Å²) in [6.45, 7) is 7.66. The van der Waals surface area contributed by atoms with Crippen LogP contribution in [0.2, 0.25) is 0 Å². The van der Waals surface area contributed by atoms with Crippen LogP contribution in [0.4, 0.5) is 4.79 Å². The van der Waals surface area contributed by atoms with Gasteiger partial charge < -0.3 is 24.6 Å². The third kappa shape index (κ3) is 5.20. The molecule has 2 aliphatic rings. The van der Waals surface area contributed by atoms with E-state index in [1.807, 2.05) is 73.8 Å². The molecule has 37 heavy (non-hydrogen) atoms. The van der Waals surface area contributed by atoms with Crippen LogP contribution in [0.3, 0.4) is 0 Å². The lowest BCUT2D eigenvalue weighted by Gasteiger charge is -2.45. The number of nitrogens with zero attached hydrogens (tertiary/aromatic N) is 2. The zero-order valence-electron chi connectivity index (χ0n) is 21.7. The molecule has 0 spiro atoms. The van der Waals surface area contributed by atoms with E-state index in [1.165, 1.54) is 0 Å². The van der Waals surface area contributed by atoms with Crippen LogP contribution >= 0.6 is 0 Å². The van der Waals surface area contributed by atoms with E-state index < -0.39 is 11.2 Å². The summed E-state index contributed by atoms with van der Waals surface area (Å²) >= 11 is 0. The van der Waals surface area contributed by atoms with Crippen LogP contribution in [0.15, 0.2) is 77.7 Å². The molecule has 2 fully saturated rings. The number of aliphatic hydroxyl groups is 1. The Morgan fingerprint density at radius 1 is 1.05 bits per heavy atom. The first kappa shape index (κ1) is 25.2. The fraction of sp³-hybridized carbons (Fsp3) is 0.400. The topological polar surface area (TPSA) is 83.8 Å². The van der Waals surface area contributed by atoms with E-state index in [0.29, 0.717) is 19.4 Å². The van der Waals surface area contributed by atoms with Crippen molar-refractivity contribution < 1.29 is 14.6 Å². The minimum absolute atomic E-state index is 0.00506. The van der Waals surface area contributed by atoms with E-state index >= 15 is 0 Å². The number of ether oxygens (including phenoxy) is 1. The number of carbonyl (C=O) groups is 1. The maximum atomic E-state index is 13.3. The number of pyridine rings is 1. The lowest BCUT2D eigenvalue weighted by atomic mass is 9.80. The number of amides is 1. The van der Waals surface area contributed by atoms with Crippen LogP contribution < -0.4 is 10.9 Å². The van der Waals surface area contributed by atoms with E-state index in [9.17, 15) is 14.7 Å². The van der Waals surface area contributed by atoms with Crippen LogP contribution in [0, 0.1) is 0 Å². The normalized spacial score (nSPS) is 21.3. The SMILES string of the molecule is C[C@@H](c1ccc(-c2ccn(C3CNC3)c(=O)c2)cc1)N1CCC(CC(C)(C)O)(c2ccccc2)OC1=O. The Morgan fingerprint density at radius 3 is 2.32 bits per heavy atom. The second-order valence-electron chi connectivity index (χ2n) is 10.9. The van der Waals surface area contributed by atoms with Gasteiger partial charge in [-0.25, -0.2) is 4.79 Å². The molecular weight excluding hydrogens is 466 g/mol. The van der Waals surface area contributed by atoms with Gasteiger partial charge in [-0.15, -0.1) is 0 Å². The quantitative estimate of drug-likeness (QED) is 0.494. The summed E-state index contributed by atoms with van der Waals surface area (Å²) in [6, 6.07) is 21.4. The van der Waals surface area contributed by atoms with Crippen LogP contribution in [0.1, 0.15) is 56.8 Å². The second kappa shape index (κ2) is 9.80. The van der Waals surface area contributed by atoms with Gasteiger partial charge in [-0.3, -0.25) is 4.79 Å². The number of aromatic nitrogens is 1. The summed E-state index contributed by atoms with van der Waals surface area (Å²) in [7, 11) is 0. The summed E-state index contributed by atoms with van der Waals surface area (Å²) in [4.78, 5) is 27.6. The smallest absolute Gasteiger partial charge is 0.411 e. The van der Waals surface area contributed by atoms with Gasteiger partial charge in [-0.2, -0.15) is 0 Å². The molecule has 1 amide bonds. The molecule has 0 radical (unpaired) electrons. The Bertz CT molecular complexity index is 1310. The first-order valence-corrected chi connectivity index (χ1v) is 13.0. The van der Waals surface area contributed by atoms with Gasteiger partial charge in [-0.1, -0.05) is 54.6 Å². The predicted octanol–water partition coefficient (Wildman–Crippen LogP) is 4.62. The Balaban J connectivity index is 1.32. The Kier molecular flexibility index (Phi) is 6.68. The van der Waals surface area contributed by atoms with Gasteiger partial charge in [0.2, 0.25) is 0 Å². The predicted molar refractivity (Wildman–Crippen MR) is 143 cm³/mol. The zero-order valence-corrected chi connectivity index (χ0v) is 21.7. The van der Waals surface area contributed by atoms with Crippen molar-refractivity contribution in [2.24, 2.45) is 0 Å². The van der Waals surface area contributed by atoms with Crippen LogP contribution in [-0.2, 0) is 10.3 Å². The minimum atomic E-state index is -0.991. The maximum absolute atomic E-state index is 13.3. The highest BCUT2D eigenvalue weighted by molar-refractivity contribution is 5.70. The van der Waals surface area contributed by atoms with Crippen molar-refractivity contribution in [2.75, 3.05) is 19.6 Å². The van der Waals surface area contributed by atoms with E-state index in [4.69, 9.17) is 4.74 Å². The standard InChI is InChI=1S/C30H35N3O4/c1-21(22-9-11-23(12-10-22)24-13-15-33(27(34)17-24)26-18-31-19-26)32-16-14-30(37-28(32)35,20-29(2,3)36)25-7-5-4-6-8-25/h4-13,15,17,21,26,31,36H,14,16,18-20H2,1-3H3/t21-,30?/m0/s1. The van der Waals surface area contributed by atoms with Crippen molar-refractivity contribution >= 4 is 6.09 Å². The van der Waals surface area contributed by atoms with Crippen molar-refractivity contribution in [3.8, 4) is 11.1 Å². The highest BCUT2D eigenvalue weighted by Gasteiger charge is 2.46. The van der Waals surface area contributed by atoms with Crippen molar-refractivity contribution in [1.29, 1.82) is 0 Å². The van der Waals surface area contributed by atoms with E-state index in [-0.39, 0.29) is 23.7 Å². The van der Waals surface area contributed by atoms with Gasteiger partial charge in [0.15, 0.2) is 0 Å². The fourth-order valence-electron chi connectivity index (χ4n) is 5.47. The third-order valence-corrected chi connectivity index (χ3v) is 7.59. The molecule has 5 rings (SSSR count). The Labute approximate surface area is 217 Å². The molecule has 7 heteroatoms. The van der Waals surface area contributed by atoms with Gasteiger partial charge in [0.1, 0.15) is 5.60 Å². The lowest BCUT2D eigenvalue weighted by Crippen LogP contribution is -2.51. The average Bonchev–Trinajstić information content (AvgIpc) is 2.83. The molecule has 1 aromatic heterocycles. The van der Waals surface area contributed by atoms with E-state index in [1.54, 1.807) is 29.4 Å². The molecule has 7 nitrogen and oxygen atoms in total. The van der Waals surface area contributed by atoms with Gasteiger partial charge in [-0.05, 0) is 49.1 Å². The Morgan fingerprint density at radius 2 is 1.76 bits per heavy atom. The molecule has 1 unspecified atom stereocenters. The molecule has 2 N–H and O–H groups in total. The molecule has 2 aliphatic heterocycles. The molecule has 0 saturated carbocycles. The third-order valence-electron chi connectivity index (χ3n) is 7.59. The van der Waals surface area contributed by atoms with Crippen LogP contribution in [0.5, 0.6) is 0 Å². The number of rotatable bonds is 7. The van der Waals surface area contributed by atoms with E-state index in [0.717, 1.165) is 35.3 Å². The maximum Gasteiger partial charge on any atom is 0.411 e. The highest BCUT2D eigenvalue weighted by atomic mass is 16.6. The average molecular weight is 502 g/mol. The van der Waals surface area contributed by atoms with Gasteiger partial charge in [0, 0.05) is 44.7 Å². The summed E-state index contributed by atoms with van der Waals surface area (Å²) < 4.78 is 7.91. The molecule has 3 heterocycles. The molecule has 2 aromatic carbocycles. The van der Waals surface area contributed by atoms with Gasteiger partial charge in [0.25, 0.3) is 5.56 Å². The second-order valence-corrected chi connectivity index (χ2v) is 10.9. The summed E-state index contributed by atoms with van der Waals surface area (Å²) in [5, 5.41) is 13.8. The Hall–Kier alpha value is -3.42. The molecular formula is C30H35N3O4. The molecule has 2 atom stereocenters. The van der Waals surface area contributed by atoms with Crippen molar-refractivity contribution in [3.05, 3.63) is 94.4 Å². The van der Waals surface area contributed by atoms with Crippen molar-refractivity contribution in [2.45, 2.75) is 56.9 Å². The number of hydrogen-bond donors (Lipinski definition) is 2. The van der Waals surface area contributed by atoms with Gasteiger partial charge in [0.05, 0.1) is 17.7 Å². The van der Waals surface area contributed by atoms with Crippen molar-refractivity contribution in [1.82, 2.24) is 14.8 Å². The summed E-state index contributed by atoms with van der Waals surface area (Å²) in [6.07, 6.45) is 2.39. The number of carbonyl (C=O) groups excluding carboxylic acids is 1. The monoisotopic (exact) mass is 501 g/mol. The zero-order chi connectivity index (χ0) is 26.2. The first-order valence-electron chi connectivity index (χ1n) is 13.0. The van der Waals surface area contributed by atoms with Crippen molar-refractivity contribution in [3.63, 3.8) is 0 Å². The first-order chi connectivity index (χ1) is 17.7. The molecule has 194 valence electrons. The largest absolute Gasteiger partial charge is 0.438 e. The molecule has 0 bridgehead atoms. The highest BCUT2D eigenvalue weighted by Crippen LogP contribution is 2.42.